The Morgan fingerprint density at radius 2 is 2.30 bits per heavy atom. The van der Waals surface area contributed by atoms with E-state index >= 15 is 0 Å². The number of halogens is 1. The van der Waals surface area contributed by atoms with Gasteiger partial charge in [-0.3, -0.25) is 4.79 Å². The first kappa shape index (κ1) is 14.7. The third kappa shape index (κ3) is 2.52. The number of piperidine rings is 1. The maximum absolute atomic E-state index is 11.6. The SMILES string of the molecule is NC(=O)C1CCCN(c2[nH]c3cc(Br)cc4c3c2NCCO4)C1. The molecular weight excluding hydrogens is 360 g/mol. The van der Waals surface area contributed by atoms with Gasteiger partial charge in [-0.25, -0.2) is 0 Å². The summed E-state index contributed by atoms with van der Waals surface area (Å²) in [6, 6.07) is 4.05. The van der Waals surface area contributed by atoms with Crippen LogP contribution in [0.1, 0.15) is 12.8 Å². The number of primary amides is 1. The van der Waals surface area contributed by atoms with Crippen molar-refractivity contribution in [2.75, 3.05) is 36.5 Å². The highest BCUT2D eigenvalue weighted by Gasteiger charge is 2.28. The van der Waals surface area contributed by atoms with Crippen LogP contribution in [-0.4, -0.2) is 37.1 Å². The van der Waals surface area contributed by atoms with Crippen LogP contribution in [0.2, 0.25) is 0 Å². The van der Waals surface area contributed by atoms with Gasteiger partial charge in [0.2, 0.25) is 5.91 Å². The Kier molecular flexibility index (Phi) is 3.60. The van der Waals surface area contributed by atoms with E-state index in [1.54, 1.807) is 0 Å². The molecule has 0 saturated carbocycles. The van der Waals surface area contributed by atoms with Crippen molar-refractivity contribution in [2.45, 2.75) is 12.8 Å². The van der Waals surface area contributed by atoms with Gasteiger partial charge in [-0.1, -0.05) is 15.9 Å². The van der Waals surface area contributed by atoms with Gasteiger partial charge in [0, 0.05) is 24.1 Å². The maximum atomic E-state index is 11.6. The molecule has 122 valence electrons. The summed E-state index contributed by atoms with van der Waals surface area (Å²) in [5.74, 6) is 1.60. The number of hydrogen-bond donors (Lipinski definition) is 3. The molecule has 1 atom stereocenters. The van der Waals surface area contributed by atoms with Gasteiger partial charge in [-0.2, -0.15) is 0 Å². The van der Waals surface area contributed by atoms with Gasteiger partial charge in [0.25, 0.3) is 0 Å². The molecule has 0 bridgehead atoms. The van der Waals surface area contributed by atoms with Crippen LogP contribution >= 0.6 is 15.9 Å². The largest absolute Gasteiger partial charge is 0.491 e. The van der Waals surface area contributed by atoms with Crippen LogP contribution in [0.3, 0.4) is 0 Å². The van der Waals surface area contributed by atoms with Crippen LogP contribution in [0.15, 0.2) is 16.6 Å². The van der Waals surface area contributed by atoms with Crippen molar-refractivity contribution < 1.29 is 9.53 Å². The number of aromatic amines is 1. The molecule has 1 aromatic heterocycles. The monoisotopic (exact) mass is 378 g/mol. The van der Waals surface area contributed by atoms with Crippen molar-refractivity contribution in [1.82, 2.24) is 4.98 Å². The Labute approximate surface area is 142 Å². The fraction of sp³-hybridized carbons (Fsp3) is 0.438. The molecule has 3 heterocycles. The Morgan fingerprint density at radius 1 is 1.43 bits per heavy atom. The average molecular weight is 379 g/mol. The zero-order chi connectivity index (χ0) is 16.0. The molecule has 1 saturated heterocycles. The van der Waals surface area contributed by atoms with Gasteiger partial charge >= 0.3 is 0 Å². The lowest BCUT2D eigenvalue weighted by Gasteiger charge is -2.32. The van der Waals surface area contributed by atoms with Gasteiger partial charge in [0.15, 0.2) is 0 Å². The topological polar surface area (TPSA) is 83.4 Å². The summed E-state index contributed by atoms with van der Waals surface area (Å²) >= 11 is 3.54. The highest BCUT2D eigenvalue weighted by Crippen LogP contribution is 2.43. The van der Waals surface area contributed by atoms with E-state index in [9.17, 15) is 4.79 Å². The van der Waals surface area contributed by atoms with Gasteiger partial charge in [0.05, 0.1) is 22.5 Å². The van der Waals surface area contributed by atoms with Crippen LogP contribution in [0.5, 0.6) is 5.75 Å². The summed E-state index contributed by atoms with van der Waals surface area (Å²) in [7, 11) is 0. The number of aromatic nitrogens is 1. The van der Waals surface area contributed by atoms with Crippen molar-refractivity contribution in [3.05, 3.63) is 16.6 Å². The van der Waals surface area contributed by atoms with Crippen molar-refractivity contribution in [2.24, 2.45) is 11.7 Å². The van der Waals surface area contributed by atoms with E-state index in [2.05, 4.69) is 37.2 Å². The molecular formula is C16H19BrN4O2. The number of anilines is 2. The van der Waals surface area contributed by atoms with Crippen LogP contribution in [-0.2, 0) is 4.79 Å². The first-order valence-electron chi connectivity index (χ1n) is 7.89. The quantitative estimate of drug-likeness (QED) is 0.749. The van der Waals surface area contributed by atoms with Crippen LogP contribution in [0, 0.1) is 5.92 Å². The minimum atomic E-state index is -0.212. The minimum absolute atomic E-state index is 0.0874. The number of amides is 1. The van der Waals surface area contributed by atoms with Crippen LogP contribution in [0.25, 0.3) is 10.9 Å². The number of benzene rings is 1. The maximum Gasteiger partial charge on any atom is 0.222 e. The summed E-state index contributed by atoms with van der Waals surface area (Å²) in [5.41, 5.74) is 7.60. The summed E-state index contributed by atoms with van der Waals surface area (Å²) < 4.78 is 6.84. The normalized spacial score (nSPS) is 20.7. The molecule has 1 aromatic carbocycles. The molecule has 1 amide bonds. The minimum Gasteiger partial charge on any atom is -0.491 e. The standard InChI is InChI=1S/C16H19BrN4O2/c17-10-6-11-13-12(7-10)23-5-3-19-14(13)16(20-11)21-4-1-2-9(8-21)15(18)22/h6-7,9,19-20H,1-5,8H2,(H2,18,22). The number of ether oxygens (including phenoxy) is 1. The third-order valence-corrected chi connectivity index (χ3v) is 5.07. The van der Waals surface area contributed by atoms with E-state index in [-0.39, 0.29) is 11.8 Å². The number of hydrogen-bond acceptors (Lipinski definition) is 4. The summed E-state index contributed by atoms with van der Waals surface area (Å²) in [6.45, 7) is 2.96. The molecule has 4 rings (SSSR count). The molecule has 7 heteroatoms. The lowest BCUT2D eigenvalue weighted by Crippen LogP contribution is -2.41. The summed E-state index contributed by atoms with van der Waals surface area (Å²) in [5, 5.41) is 4.54. The van der Waals surface area contributed by atoms with Crippen molar-refractivity contribution in [3.63, 3.8) is 0 Å². The highest BCUT2D eigenvalue weighted by atomic mass is 79.9. The molecule has 0 radical (unpaired) electrons. The summed E-state index contributed by atoms with van der Waals surface area (Å²) in [6.07, 6.45) is 1.84. The van der Waals surface area contributed by atoms with Crippen LogP contribution < -0.4 is 20.7 Å². The number of rotatable bonds is 2. The number of H-pyrrole nitrogens is 1. The van der Waals surface area contributed by atoms with E-state index in [1.807, 2.05) is 6.07 Å². The number of nitrogens with zero attached hydrogens (tertiary/aromatic N) is 1. The molecule has 2 aliphatic heterocycles. The van der Waals surface area contributed by atoms with Crippen molar-refractivity contribution in [1.29, 1.82) is 0 Å². The number of carbonyl (C=O) groups is 1. The Bertz CT molecular complexity index is 773. The number of nitrogens with two attached hydrogens (primary N) is 1. The Morgan fingerprint density at radius 3 is 3.13 bits per heavy atom. The third-order valence-electron chi connectivity index (χ3n) is 4.61. The predicted octanol–water partition coefficient (Wildman–Crippen LogP) is 2.44. The van der Waals surface area contributed by atoms with E-state index in [0.29, 0.717) is 13.2 Å². The Hall–Kier alpha value is -1.89. The van der Waals surface area contributed by atoms with E-state index in [1.165, 1.54) is 0 Å². The van der Waals surface area contributed by atoms with Crippen LogP contribution in [0.4, 0.5) is 11.5 Å². The fourth-order valence-electron chi connectivity index (χ4n) is 3.52. The molecule has 4 N–H and O–H groups in total. The highest BCUT2D eigenvalue weighted by molar-refractivity contribution is 9.10. The molecule has 1 fully saturated rings. The van der Waals surface area contributed by atoms with Crippen molar-refractivity contribution in [3.8, 4) is 5.75 Å². The Balaban J connectivity index is 1.80. The average Bonchev–Trinajstić information content (AvgIpc) is 2.75. The number of nitrogens with one attached hydrogen (secondary N) is 2. The second-order valence-electron chi connectivity index (χ2n) is 6.14. The smallest absolute Gasteiger partial charge is 0.222 e. The second-order valence-corrected chi connectivity index (χ2v) is 7.05. The molecule has 6 nitrogen and oxygen atoms in total. The zero-order valence-corrected chi connectivity index (χ0v) is 14.3. The molecule has 0 spiro atoms. The van der Waals surface area contributed by atoms with E-state index < -0.39 is 0 Å². The molecule has 0 aliphatic carbocycles. The number of carbonyl (C=O) groups excluding carboxylic acids is 1. The van der Waals surface area contributed by atoms with Crippen molar-refractivity contribution >= 4 is 44.2 Å². The first-order chi connectivity index (χ1) is 11.1. The lowest BCUT2D eigenvalue weighted by atomic mass is 9.97. The van der Waals surface area contributed by atoms with Gasteiger partial charge < -0.3 is 25.7 Å². The van der Waals surface area contributed by atoms with Gasteiger partial charge in [-0.05, 0) is 25.0 Å². The molecule has 2 aliphatic rings. The van der Waals surface area contributed by atoms with Gasteiger partial charge in [0.1, 0.15) is 18.2 Å². The molecule has 23 heavy (non-hydrogen) atoms. The fourth-order valence-corrected chi connectivity index (χ4v) is 3.96. The van der Waals surface area contributed by atoms with E-state index in [4.69, 9.17) is 10.5 Å². The lowest BCUT2D eigenvalue weighted by molar-refractivity contribution is -0.122. The zero-order valence-electron chi connectivity index (χ0n) is 12.7. The molecule has 1 unspecified atom stereocenters. The predicted molar refractivity (Wildman–Crippen MR) is 94.1 cm³/mol. The summed E-state index contributed by atoms with van der Waals surface area (Å²) in [4.78, 5) is 17.3. The first-order valence-corrected chi connectivity index (χ1v) is 8.69. The van der Waals surface area contributed by atoms with E-state index in [0.717, 1.165) is 58.6 Å². The molecule has 2 aromatic rings. The van der Waals surface area contributed by atoms with Gasteiger partial charge in [-0.15, -0.1) is 0 Å². The second kappa shape index (κ2) is 5.63.